The standard InChI is InChI=1S/C20H18N2O3S/c1-14(20(24)22(2)15-8-4-3-5-9-15)25-19(23)13-12-18-21-16-10-6-7-11-17(16)26-18/h3-14H,1-2H3/b13-12+/t14-/m1/s1. The molecule has 0 aliphatic rings. The minimum atomic E-state index is -0.882. The fourth-order valence-electron chi connectivity index (χ4n) is 2.42. The second kappa shape index (κ2) is 7.93. The molecule has 0 saturated heterocycles. The number of hydrogen-bond donors (Lipinski definition) is 0. The molecule has 6 heteroatoms. The number of benzene rings is 2. The van der Waals surface area contributed by atoms with Gasteiger partial charge < -0.3 is 9.64 Å². The van der Waals surface area contributed by atoms with Crippen LogP contribution >= 0.6 is 11.3 Å². The highest BCUT2D eigenvalue weighted by Crippen LogP contribution is 2.22. The highest BCUT2D eigenvalue weighted by molar-refractivity contribution is 7.19. The second-order valence-electron chi connectivity index (χ2n) is 5.67. The van der Waals surface area contributed by atoms with E-state index in [1.807, 2.05) is 54.6 Å². The number of carbonyl (C=O) groups is 2. The lowest BCUT2D eigenvalue weighted by Gasteiger charge is -2.21. The number of carbonyl (C=O) groups excluding carboxylic acids is 2. The summed E-state index contributed by atoms with van der Waals surface area (Å²) in [5.41, 5.74) is 1.63. The number of aromatic nitrogens is 1. The lowest BCUT2D eigenvalue weighted by molar-refractivity contribution is -0.148. The molecular formula is C20H18N2O3S. The first-order valence-corrected chi connectivity index (χ1v) is 8.93. The molecule has 0 saturated carbocycles. The van der Waals surface area contributed by atoms with Crippen LogP contribution in [0.5, 0.6) is 0 Å². The van der Waals surface area contributed by atoms with Crippen LogP contribution < -0.4 is 4.90 Å². The molecule has 0 unspecified atom stereocenters. The summed E-state index contributed by atoms with van der Waals surface area (Å²) in [6, 6.07) is 17.0. The predicted octanol–water partition coefficient (Wildman–Crippen LogP) is 3.90. The maximum absolute atomic E-state index is 12.4. The van der Waals surface area contributed by atoms with E-state index in [1.54, 1.807) is 20.0 Å². The Labute approximate surface area is 155 Å². The van der Waals surface area contributed by atoms with E-state index in [0.29, 0.717) is 5.01 Å². The zero-order valence-electron chi connectivity index (χ0n) is 14.5. The van der Waals surface area contributed by atoms with Crippen molar-refractivity contribution in [3.05, 3.63) is 65.7 Å². The molecule has 0 aliphatic carbocycles. The number of para-hydroxylation sites is 2. The van der Waals surface area contributed by atoms with Gasteiger partial charge in [0.05, 0.1) is 10.2 Å². The normalized spacial score (nSPS) is 12.2. The van der Waals surface area contributed by atoms with Crippen LogP contribution in [0.3, 0.4) is 0 Å². The quantitative estimate of drug-likeness (QED) is 0.507. The van der Waals surface area contributed by atoms with Crippen LogP contribution in [-0.4, -0.2) is 30.0 Å². The van der Waals surface area contributed by atoms with E-state index in [-0.39, 0.29) is 5.91 Å². The summed E-state index contributed by atoms with van der Waals surface area (Å²) in [6.07, 6.45) is 2.02. The van der Waals surface area contributed by atoms with Crippen molar-refractivity contribution in [2.45, 2.75) is 13.0 Å². The molecule has 0 aliphatic heterocycles. The van der Waals surface area contributed by atoms with Crippen molar-refractivity contribution in [2.75, 3.05) is 11.9 Å². The van der Waals surface area contributed by atoms with Gasteiger partial charge in [-0.25, -0.2) is 9.78 Å². The Morgan fingerprint density at radius 2 is 1.81 bits per heavy atom. The summed E-state index contributed by atoms with van der Waals surface area (Å²) in [7, 11) is 1.65. The highest BCUT2D eigenvalue weighted by Gasteiger charge is 2.21. The summed E-state index contributed by atoms with van der Waals surface area (Å²) in [6.45, 7) is 1.56. The Kier molecular flexibility index (Phi) is 5.43. The van der Waals surface area contributed by atoms with Crippen LogP contribution in [0.1, 0.15) is 11.9 Å². The number of rotatable bonds is 5. The van der Waals surface area contributed by atoms with Gasteiger partial charge in [-0.15, -0.1) is 11.3 Å². The van der Waals surface area contributed by atoms with Gasteiger partial charge in [0.1, 0.15) is 5.01 Å². The van der Waals surface area contributed by atoms with Gasteiger partial charge in [-0.3, -0.25) is 4.79 Å². The summed E-state index contributed by atoms with van der Waals surface area (Å²) >= 11 is 1.49. The Morgan fingerprint density at radius 3 is 2.54 bits per heavy atom. The SMILES string of the molecule is C[C@@H](OC(=O)/C=C/c1nc2ccccc2s1)C(=O)N(C)c1ccccc1. The van der Waals surface area contributed by atoms with Gasteiger partial charge in [-0.05, 0) is 37.3 Å². The molecule has 132 valence electrons. The first-order chi connectivity index (χ1) is 12.5. The Morgan fingerprint density at radius 1 is 1.12 bits per heavy atom. The molecule has 0 fully saturated rings. The van der Waals surface area contributed by atoms with Crippen molar-refractivity contribution in [1.82, 2.24) is 4.98 Å². The molecule has 0 spiro atoms. The van der Waals surface area contributed by atoms with Crippen molar-refractivity contribution in [3.8, 4) is 0 Å². The number of nitrogens with zero attached hydrogens (tertiary/aromatic N) is 2. The number of anilines is 1. The van der Waals surface area contributed by atoms with Crippen molar-refractivity contribution in [1.29, 1.82) is 0 Å². The van der Waals surface area contributed by atoms with Crippen LogP contribution in [0.25, 0.3) is 16.3 Å². The zero-order chi connectivity index (χ0) is 18.5. The van der Waals surface area contributed by atoms with Gasteiger partial charge in [0.15, 0.2) is 6.10 Å². The molecule has 5 nitrogen and oxygen atoms in total. The molecule has 0 radical (unpaired) electrons. The summed E-state index contributed by atoms with van der Waals surface area (Å²) in [4.78, 5) is 30.3. The first-order valence-electron chi connectivity index (χ1n) is 8.11. The van der Waals surface area contributed by atoms with E-state index in [1.165, 1.54) is 22.3 Å². The van der Waals surface area contributed by atoms with Gasteiger partial charge in [-0.1, -0.05) is 30.3 Å². The average Bonchev–Trinajstić information content (AvgIpc) is 3.09. The van der Waals surface area contributed by atoms with E-state index in [9.17, 15) is 9.59 Å². The third-order valence-corrected chi connectivity index (χ3v) is 4.79. The van der Waals surface area contributed by atoms with E-state index in [0.717, 1.165) is 15.9 Å². The van der Waals surface area contributed by atoms with E-state index < -0.39 is 12.1 Å². The molecule has 1 heterocycles. The van der Waals surface area contributed by atoms with Crippen molar-refractivity contribution in [3.63, 3.8) is 0 Å². The number of ether oxygens (including phenoxy) is 1. The van der Waals surface area contributed by atoms with E-state index in [4.69, 9.17) is 4.74 Å². The Balaban J connectivity index is 1.60. The molecule has 2 aromatic carbocycles. The van der Waals surface area contributed by atoms with Gasteiger partial charge in [-0.2, -0.15) is 0 Å². The molecule has 1 amide bonds. The van der Waals surface area contributed by atoms with Crippen LogP contribution in [0.2, 0.25) is 0 Å². The molecule has 0 N–H and O–H groups in total. The number of thiazole rings is 1. The highest BCUT2D eigenvalue weighted by atomic mass is 32.1. The molecule has 1 atom stereocenters. The molecular weight excluding hydrogens is 348 g/mol. The molecule has 0 bridgehead atoms. The minimum Gasteiger partial charge on any atom is -0.449 e. The fourth-order valence-corrected chi connectivity index (χ4v) is 3.29. The number of amides is 1. The van der Waals surface area contributed by atoms with Gasteiger partial charge in [0.2, 0.25) is 0 Å². The first kappa shape index (κ1) is 17.8. The average molecular weight is 366 g/mol. The van der Waals surface area contributed by atoms with Crippen LogP contribution in [0, 0.1) is 0 Å². The maximum Gasteiger partial charge on any atom is 0.331 e. The summed E-state index contributed by atoms with van der Waals surface area (Å²) < 4.78 is 6.26. The number of fused-ring (bicyclic) bond motifs is 1. The maximum atomic E-state index is 12.4. The van der Waals surface area contributed by atoms with Crippen molar-refractivity contribution < 1.29 is 14.3 Å². The van der Waals surface area contributed by atoms with E-state index in [2.05, 4.69) is 4.98 Å². The number of esters is 1. The Bertz CT molecular complexity index is 917. The monoisotopic (exact) mass is 366 g/mol. The number of likely N-dealkylation sites (N-methyl/N-ethyl adjacent to an activating group) is 1. The van der Waals surface area contributed by atoms with Crippen LogP contribution in [-0.2, 0) is 14.3 Å². The lowest BCUT2D eigenvalue weighted by Crippen LogP contribution is -2.37. The predicted molar refractivity (Wildman–Crippen MR) is 104 cm³/mol. The lowest BCUT2D eigenvalue weighted by atomic mass is 10.2. The van der Waals surface area contributed by atoms with Crippen molar-refractivity contribution in [2.24, 2.45) is 0 Å². The zero-order valence-corrected chi connectivity index (χ0v) is 15.3. The van der Waals surface area contributed by atoms with Crippen molar-refractivity contribution >= 4 is 45.2 Å². The second-order valence-corrected chi connectivity index (χ2v) is 6.73. The molecule has 3 rings (SSSR count). The summed E-state index contributed by atoms with van der Waals surface area (Å²) in [5.74, 6) is -0.871. The largest absolute Gasteiger partial charge is 0.449 e. The fraction of sp³-hybridized carbons (Fsp3) is 0.150. The van der Waals surface area contributed by atoms with Gasteiger partial charge >= 0.3 is 5.97 Å². The third-order valence-electron chi connectivity index (χ3n) is 3.79. The minimum absolute atomic E-state index is 0.294. The smallest absolute Gasteiger partial charge is 0.331 e. The van der Waals surface area contributed by atoms with Crippen LogP contribution in [0.4, 0.5) is 5.69 Å². The van der Waals surface area contributed by atoms with E-state index >= 15 is 0 Å². The summed E-state index contributed by atoms with van der Waals surface area (Å²) in [5, 5.41) is 0.712. The molecule has 3 aromatic rings. The topological polar surface area (TPSA) is 59.5 Å². The molecule has 1 aromatic heterocycles. The third kappa shape index (κ3) is 4.15. The Hall–Kier alpha value is -2.99. The molecule has 26 heavy (non-hydrogen) atoms. The van der Waals surface area contributed by atoms with Gasteiger partial charge in [0.25, 0.3) is 5.91 Å². The number of hydrogen-bond acceptors (Lipinski definition) is 5. The van der Waals surface area contributed by atoms with Crippen LogP contribution in [0.15, 0.2) is 60.7 Å². The van der Waals surface area contributed by atoms with Gasteiger partial charge in [0, 0.05) is 18.8 Å².